The summed E-state index contributed by atoms with van der Waals surface area (Å²) in [7, 11) is 1.56. The summed E-state index contributed by atoms with van der Waals surface area (Å²) in [5.41, 5.74) is 3.64. The first-order chi connectivity index (χ1) is 14.0. The number of carbonyl (C=O) groups excluding carboxylic acids is 1. The lowest BCUT2D eigenvalue weighted by Gasteiger charge is -2.17. The van der Waals surface area contributed by atoms with Crippen molar-refractivity contribution in [3.8, 4) is 11.5 Å². The van der Waals surface area contributed by atoms with E-state index in [-0.39, 0.29) is 19.1 Å². The first-order valence-corrected chi connectivity index (χ1v) is 9.42. The van der Waals surface area contributed by atoms with Gasteiger partial charge in [0.2, 0.25) is 6.41 Å². The quantitative estimate of drug-likeness (QED) is 0.398. The number of amides is 1. The Kier molecular flexibility index (Phi) is 6.49. The number of rotatable bonds is 9. The molecule has 0 fully saturated rings. The smallest absolute Gasteiger partial charge is 0.303 e. The first kappa shape index (κ1) is 20.4. The van der Waals surface area contributed by atoms with E-state index >= 15 is 0 Å². The molecule has 0 aliphatic carbocycles. The number of aliphatic carboxylic acids is 1. The maximum absolute atomic E-state index is 11.6. The molecule has 3 rings (SSSR count). The first-order valence-electron chi connectivity index (χ1n) is 9.42. The lowest BCUT2D eigenvalue weighted by atomic mass is 10.1. The highest BCUT2D eigenvalue weighted by Gasteiger charge is 2.27. The van der Waals surface area contributed by atoms with Gasteiger partial charge < -0.3 is 19.5 Å². The second-order valence-electron chi connectivity index (χ2n) is 6.83. The zero-order valence-corrected chi connectivity index (χ0v) is 16.5. The molecule has 0 aromatic heterocycles. The molecule has 1 N–H and O–H groups in total. The number of hydrogen-bond donors (Lipinski definition) is 1. The fraction of sp³-hybridized carbons (Fsp3) is 0.318. The maximum Gasteiger partial charge on any atom is 0.303 e. The number of benzene rings is 2. The van der Waals surface area contributed by atoms with Crippen molar-refractivity contribution < 1.29 is 24.2 Å². The molecule has 152 valence electrons. The number of ether oxygens (including phenoxy) is 2. The summed E-state index contributed by atoms with van der Waals surface area (Å²) in [4.78, 5) is 28.5. The molecule has 1 atom stereocenters. The highest BCUT2D eigenvalue weighted by atomic mass is 16.5. The van der Waals surface area contributed by atoms with Crippen LogP contribution in [0.25, 0.3) is 0 Å². The Hall–Kier alpha value is -3.35. The second kappa shape index (κ2) is 9.23. The van der Waals surface area contributed by atoms with Crippen molar-refractivity contribution in [3.63, 3.8) is 0 Å². The fourth-order valence-electron chi connectivity index (χ4n) is 3.33. The van der Waals surface area contributed by atoms with E-state index < -0.39 is 5.97 Å². The molecule has 7 heteroatoms. The van der Waals surface area contributed by atoms with Crippen LogP contribution in [0.1, 0.15) is 24.0 Å². The van der Waals surface area contributed by atoms with Gasteiger partial charge in [0.05, 0.1) is 25.4 Å². The van der Waals surface area contributed by atoms with Crippen LogP contribution in [0.2, 0.25) is 0 Å². The summed E-state index contributed by atoms with van der Waals surface area (Å²) in [6, 6.07) is 11.3. The largest absolute Gasteiger partial charge is 0.493 e. The molecule has 0 bridgehead atoms. The number of nitrogens with zero attached hydrogens (tertiary/aromatic N) is 2. The Bertz CT molecular complexity index is 925. The monoisotopic (exact) mass is 396 g/mol. The minimum absolute atomic E-state index is 0.0446. The highest BCUT2D eigenvalue weighted by Crippen LogP contribution is 2.35. The molecular weight excluding hydrogens is 372 g/mol. The third-order valence-electron chi connectivity index (χ3n) is 4.83. The van der Waals surface area contributed by atoms with Crippen LogP contribution in [0.5, 0.6) is 11.5 Å². The second-order valence-corrected chi connectivity index (χ2v) is 6.83. The van der Waals surface area contributed by atoms with Crippen LogP contribution in [0, 0.1) is 6.92 Å². The van der Waals surface area contributed by atoms with Crippen LogP contribution in [0.4, 0.5) is 11.4 Å². The molecule has 1 amide bonds. The number of hydrogen-bond acceptors (Lipinski definition) is 5. The van der Waals surface area contributed by atoms with Gasteiger partial charge in [-0.3, -0.25) is 14.6 Å². The zero-order chi connectivity index (χ0) is 20.8. The van der Waals surface area contributed by atoms with Crippen molar-refractivity contribution in [2.24, 2.45) is 4.99 Å². The van der Waals surface area contributed by atoms with E-state index in [1.165, 1.54) is 0 Å². The zero-order valence-electron chi connectivity index (χ0n) is 16.5. The van der Waals surface area contributed by atoms with Gasteiger partial charge in [-0.05, 0) is 36.6 Å². The van der Waals surface area contributed by atoms with Crippen LogP contribution in [0.15, 0.2) is 41.4 Å². The third-order valence-corrected chi connectivity index (χ3v) is 4.83. The summed E-state index contributed by atoms with van der Waals surface area (Å²) in [5, 5.41) is 8.74. The number of fused-ring (bicyclic) bond motifs is 1. The van der Waals surface area contributed by atoms with E-state index in [0.29, 0.717) is 30.0 Å². The Morgan fingerprint density at radius 2 is 2.10 bits per heavy atom. The number of para-hydroxylation sites is 1. The standard InChI is InChI=1S/C22H24N2O5/c1-15-10-20(28-2)21(29-9-5-8-22(26)27)12-18(15)23-13-17-11-16-6-3-4-7-19(16)24(17)14-25/h3-4,6-7,10,12-14,17H,5,8-9,11H2,1-2H3,(H,26,27). The number of methoxy groups -OCH3 is 1. The van der Waals surface area contributed by atoms with Crippen LogP contribution in [0.3, 0.4) is 0 Å². The van der Waals surface area contributed by atoms with E-state index in [2.05, 4.69) is 4.99 Å². The molecule has 2 aromatic rings. The summed E-state index contributed by atoms with van der Waals surface area (Å²) in [6.07, 6.45) is 3.77. The van der Waals surface area contributed by atoms with Crippen molar-refractivity contribution in [2.45, 2.75) is 32.2 Å². The molecule has 0 radical (unpaired) electrons. The van der Waals surface area contributed by atoms with Crippen molar-refractivity contribution in [1.29, 1.82) is 0 Å². The normalized spacial score (nSPS) is 15.4. The minimum Gasteiger partial charge on any atom is -0.493 e. The van der Waals surface area contributed by atoms with Gasteiger partial charge in [0.1, 0.15) is 0 Å². The number of carbonyl (C=O) groups is 2. The number of anilines is 1. The summed E-state index contributed by atoms with van der Waals surface area (Å²) >= 11 is 0. The number of aliphatic imine (C=N–C) groups is 1. The van der Waals surface area contributed by atoms with Crippen molar-refractivity contribution in [1.82, 2.24) is 0 Å². The van der Waals surface area contributed by atoms with E-state index in [1.807, 2.05) is 37.3 Å². The highest BCUT2D eigenvalue weighted by molar-refractivity contribution is 5.90. The topological polar surface area (TPSA) is 88.4 Å². The minimum atomic E-state index is -0.855. The maximum atomic E-state index is 11.6. The summed E-state index contributed by atoms with van der Waals surface area (Å²) < 4.78 is 11.1. The predicted octanol–water partition coefficient (Wildman–Crippen LogP) is 3.54. The lowest BCUT2D eigenvalue weighted by Crippen LogP contribution is -2.31. The molecule has 0 spiro atoms. The van der Waals surface area contributed by atoms with Crippen molar-refractivity contribution in [3.05, 3.63) is 47.5 Å². The summed E-state index contributed by atoms with van der Waals surface area (Å²) in [6.45, 7) is 2.19. The lowest BCUT2D eigenvalue weighted by molar-refractivity contribution is -0.137. The summed E-state index contributed by atoms with van der Waals surface area (Å²) in [5.74, 6) is 0.226. The van der Waals surface area contributed by atoms with Crippen LogP contribution < -0.4 is 14.4 Å². The average molecular weight is 396 g/mol. The van der Waals surface area contributed by atoms with Crippen molar-refractivity contribution >= 4 is 30.0 Å². The predicted molar refractivity (Wildman–Crippen MR) is 111 cm³/mol. The average Bonchev–Trinajstić information content (AvgIpc) is 3.08. The van der Waals surface area contributed by atoms with E-state index in [0.717, 1.165) is 23.2 Å². The van der Waals surface area contributed by atoms with Gasteiger partial charge in [0.25, 0.3) is 0 Å². The van der Waals surface area contributed by atoms with Gasteiger partial charge in [-0.1, -0.05) is 18.2 Å². The van der Waals surface area contributed by atoms with Gasteiger partial charge in [-0.15, -0.1) is 0 Å². The Morgan fingerprint density at radius 3 is 2.83 bits per heavy atom. The number of aryl methyl sites for hydroxylation is 1. The Labute approximate surface area is 169 Å². The van der Waals surface area contributed by atoms with Crippen LogP contribution >= 0.6 is 0 Å². The van der Waals surface area contributed by atoms with Gasteiger partial charge in [-0.25, -0.2) is 0 Å². The Morgan fingerprint density at radius 1 is 1.31 bits per heavy atom. The fourth-order valence-corrected chi connectivity index (χ4v) is 3.33. The molecule has 1 unspecified atom stereocenters. The molecular formula is C22H24N2O5. The number of carboxylic acids is 1. The van der Waals surface area contributed by atoms with E-state index in [1.54, 1.807) is 24.3 Å². The molecule has 0 saturated heterocycles. The molecule has 29 heavy (non-hydrogen) atoms. The van der Waals surface area contributed by atoms with Gasteiger partial charge in [-0.2, -0.15) is 0 Å². The molecule has 0 saturated carbocycles. The van der Waals surface area contributed by atoms with Crippen LogP contribution in [-0.2, 0) is 16.0 Å². The SMILES string of the molecule is COc1cc(C)c(N=CC2Cc3ccccc3N2C=O)cc1OCCCC(=O)O. The molecule has 1 heterocycles. The Balaban J connectivity index is 1.77. The van der Waals surface area contributed by atoms with E-state index in [4.69, 9.17) is 14.6 Å². The molecule has 7 nitrogen and oxygen atoms in total. The number of carboxylic acid groups (broad SMARTS) is 1. The van der Waals surface area contributed by atoms with Gasteiger partial charge in [0, 0.05) is 30.8 Å². The van der Waals surface area contributed by atoms with Gasteiger partial charge in [0.15, 0.2) is 11.5 Å². The van der Waals surface area contributed by atoms with E-state index in [9.17, 15) is 9.59 Å². The van der Waals surface area contributed by atoms with Crippen molar-refractivity contribution in [2.75, 3.05) is 18.6 Å². The van der Waals surface area contributed by atoms with Crippen LogP contribution in [-0.4, -0.2) is 43.5 Å². The third kappa shape index (κ3) is 4.74. The van der Waals surface area contributed by atoms with Gasteiger partial charge >= 0.3 is 5.97 Å². The molecule has 2 aromatic carbocycles. The molecule has 1 aliphatic heterocycles. The molecule has 1 aliphatic rings.